The first-order valence-electron chi connectivity index (χ1n) is 9.09. The van der Waals surface area contributed by atoms with E-state index in [1.807, 2.05) is 54.6 Å². The van der Waals surface area contributed by atoms with Gasteiger partial charge in [0.15, 0.2) is 0 Å². The SMILES string of the molecule is NC(C(=O)NCc1ccc(OCc2ccccc2)cc1)C1CCOCC1. The highest BCUT2D eigenvalue weighted by Crippen LogP contribution is 2.18. The van der Waals surface area contributed by atoms with Gasteiger partial charge in [0.1, 0.15) is 12.4 Å². The first-order chi connectivity index (χ1) is 12.7. The molecule has 1 heterocycles. The lowest BCUT2D eigenvalue weighted by atomic mass is 9.92. The minimum atomic E-state index is -0.465. The largest absolute Gasteiger partial charge is 0.489 e. The van der Waals surface area contributed by atoms with Crippen molar-refractivity contribution >= 4 is 5.91 Å². The van der Waals surface area contributed by atoms with Crippen LogP contribution in [0.25, 0.3) is 0 Å². The Morgan fingerprint density at radius 1 is 1.08 bits per heavy atom. The maximum atomic E-state index is 12.2. The Hall–Kier alpha value is -2.37. The van der Waals surface area contributed by atoms with Crippen LogP contribution in [0.5, 0.6) is 5.75 Å². The predicted octanol–water partition coefficient (Wildman–Crippen LogP) is 2.64. The lowest BCUT2D eigenvalue weighted by Gasteiger charge is -2.26. The summed E-state index contributed by atoms with van der Waals surface area (Å²) >= 11 is 0. The van der Waals surface area contributed by atoms with Crippen molar-refractivity contribution in [1.82, 2.24) is 5.32 Å². The van der Waals surface area contributed by atoms with Crippen LogP contribution in [0.3, 0.4) is 0 Å². The first-order valence-corrected chi connectivity index (χ1v) is 9.09. The van der Waals surface area contributed by atoms with Crippen LogP contribution in [0.4, 0.5) is 0 Å². The van der Waals surface area contributed by atoms with Gasteiger partial charge in [-0.05, 0) is 42.0 Å². The molecule has 3 rings (SSSR count). The average Bonchev–Trinajstić information content (AvgIpc) is 2.72. The summed E-state index contributed by atoms with van der Waals surface area (Å²) in [5, 5.41) is 2.93. The highest BCUT2D eigenvalue weighted by atomic mass is 16.5. The lowest BCUT2D eigenvalue weighted by Crippen LogP contribution is -2.46. The van der Waals surface area contributed by atoms with Crippen molar-refractivity contribution < 1.29 is 14.3 Å². The molecule has 0 spiro atoms. The van der Waals surface area contributed by atoms with Crippen LogP contribution in [0.2, 0.25) is 0 Å². The first kappa shape index (κ1) is 18.4. The van der Waals surface area contributed by atoms with E-state index < -0.39 is 6.04 Å². The van der Waals surface area contributed by atoms with E-state index in [0.717, 1.165) is 29.7 Å². The van der Waals surface area contributed by atoms with E-state index in [1.165, 1.54) is 0 Å². The molecular formula is C21H26N2O3. The number of amides is 1. The Morgan fingerprint density at radius 3 is 2.46 bits per heavy atom. The van der Waals surface area contributed by atoms with Gasteiger partial charge in [0, 0.05) is 19.8 Å². The Morgan fingerprint density at radius 2 is 1.77 bits per heavy atom. The zero-order valence-electron chi connectivity index (χ0n) is 14.9. The monoisotopic (exact) mass is 354 g/mol. The van der Waals surface area contributed by atoms with Crippen molar-refractivity contribution in [3.8, 4) is 5.75 Å². The van der Waals surface area contributed by atoms with Crippen LogP contribution in [-0.2, 0) is 22.7 Å². The quantitative estimate of drug-likeness (QED) is 0.802. The number of nitrogens with two attached hydrogens (primary N) is 1. The summed E-state index contributed by atoms with van der Waals surface area (Å²) in [5.41, 5.74) is 8.24. The molecule has 3 N–H and O–H groups in total. The molecule has 1 saturated heterocycles. The molecule has 0 bridgehead atoms. The van der Waals surface area contributed by atoms with Gasteiger partial charge in [-0.15, -0.1) is 0 Å². The van der Waals surface area contributed by atoms with Crippen molar-refractivity contribution in [3.63, 3.8) is 0 Å². The third-order valence-electron chi connectivity index (χ3n) is 4.71. The van der Waals surface area contributed by atoms with Crippen LogP contribution in [0.15, 0.2) is 54.6 Å². The number of benzene rings is 2. The Bertz CT molecular complexity index is 682. The molecule has 5 nitrogen and oxygen atoms in total. The molecule has 5 heteroatoms. The highest BCUT2D eigenvalue weighted by molar-refractivity contribution is 5.81. The van der Waals surface area contributed by atoms with Gasteiger partial charge in [-0.1, -0.05) is 42.5 Å². The van der Waals surface area contributed by atoms with Gasteiger partial charge < -0.3 is 20.5 Å². The van der Waals surface area contributed by atoms with Gasteiger partial charge >= 0.3 is 0 Å². The normalized spacial score (nSPS) is 16.0. The van der Waals surface area contributed by atoms with Crippen LogP contribution < -0.4 is 15.8 Å². The molecule has 2 aromatic carbocycles. The van der Waals surface area contributed by atoms with E-state index in [0.29, 0.717) is 26.4 Å². The molecule has 2 aromatic rings. The van der Waals surface area contributed by atoms with Crippen molar-refractivity contribution in [1.29, 1.82) is 0 Å². The molecule has 1 atom stereocenters. The Kier molecular flexibility index (Phi) is 6.63. The summed E-state index contributed by atoms with van der Waals surface area (Å²) in [6, 6.07) is 17.3. The van der Waals surface area contributed by atoms with E-state index in [2.05, 4.69) is 5.32 Å². The van der Waals surface area contributed by atoms with Gasteiger partial charge in [-0.2, -0.15) is 0 Å². The standard InChI is InChI=1S/C21H26N2O3/c22-20(18-10-12-25-13-11-18)21(24)23-14-16-6-8-19(9-7-16)26-15-17-4-2-1-3-5-17/h1-9,18,20H,10-15,22H2,(H,23,24). The summed E-state index contributed by atoms with van der Waals surface area (Å²) in [4.78, 5) is 12.2. The fourth-order valence-electron chi connectivity index (χ4n) is 3.04. The molecule has 0 aliphatic carbocycles. The third-order valence-corrected chi connectivity index (χ3v) is 4.71. The zero-order valence-corrected chi connectivity index (χ0v) is 14.9. The van der Waals surface area contributed by atoms with Crippen LogP contribution >= 0.6 is 0 Å². The van der Waals surface area contributed by atoms with E-state index in [4.69, 9.17) is 15.2 Å². The fourth-order valence-corrected chi connectivity index (χ4v) is 3.04. The molecule has 1 unspecified atom stereocenters. The minimum absolute atomic E-state index is 0.0960. The summed E-state index contributed by atoms with van der Waals surface area (Å²) in [5.74, 6) is 0.918. The van der Waals surface area contributed by atoms with Crippen molar-refractivity contribution in [3.05, 3.63) is 65.7 Å². The summed E-state index contributed by atoms with van der Waals surface area (Å²) in [7, 11) is 0. The van der Waals surface area contributed by atoms with E-state index in [1.54, 1.807) is 0 Å². The number of hydrogen-bond donors (Lipinski definition) is 2. The van der Waals surface area contributed by atoms with Gasteiger partial charge in [-0.3, -0.25) is 4.79 Å². The van der Waals surface area contributed by atoms with Crippen molar-refractivity contribution in [2.75, 3.05) is 13.2 Å². The molecule has 26 heavy (non-hydrogen) atoms. The zero-order chi connectivity index (χ0) is 18.2. The minimum Gasteiger partial charge on any atom is -0.489 e. The molecule has 0 radical (unpaired) electrons. The molecule has 0 saturated carbocycles. The third kappa shape index (κ3) is 5.31. The molecule has 1 amide bonds. The molecule has 138 valence electrons. The number of nitrogens with one attached hydrogen (secondary N) is 1. The second kappa shape index (κ2) is 9.36. The predicted molar refractivity (Wildman–Crippen MR) is 101 cm³/mol. The van der Waals surface area contributed by atoms with Gasteiger partial charge in [0.05, 0.1) is 6.04 Å². The second-order valence-corrected chi connectivity index (χ2v) is 6.61. The Labute approximate surface area is 154 Å². The average molecular weight is 354 g/mol. The lowest BCUT2D eigenvalue weighted by molar-refractivity contribution is -0.124. The Balaban J connectivity index is 1.44. The number of carbonyl (C=O) groups excluding carboxylic acids is 1. The summed E-state index contributed by atoms with van der Waals surface area (Å²) < 4.78 is 11.1. The number of hydrogen-bond acceptors (Lipinski definition) is 4. The molecular weight excluding hydrogens is 328 g/mol. The summed E-state index contributed by atoms with van der Waals surface area (Å²) in [6.45, 7) is 2.39. The molecule has 1 aliphatic heterocycles. The van der Waals surface area contributed by atoms with Gasteiger partial charge in [0.2, 0.25) is 5.91 Å². The van der Waals surface area contributed by atoms with E-state index in [9.17, 15) is 4.79 Å². The van der Waals surface area contributed by atoms with E-state index in [-0.39, 0.29) is 11.8 Å². The number of rotatable bonds is 7. The van der Waals surface area contributed by atoms with Crippen LogP contribution in [-0.4, -0.2) is 25.2 Å². The number of ether oxygens (including phenoxy) is 2. The topological polar surface area (TPSA) is 73.6 Å². The summed E-state index contributed by atoms with van der Waals surface area (Å²) in [6.07, 6.45) is 1.70. The van der Waals surface area contributed by atoms with Gasteiger partial charge in [0.25, 0.3) is 0 Å². The van der Waals surface area contributed by atoms with Crippen molar-refractivity contribution in [2.45, 2.75) is 32.0 Å². The molecule has 0 aromatic heterocycles. The number of carbonyl (C=O) groups is 1. The fraction of sp³-hybridized carbons (Fsp3) is 0.381. The smallest absolute Gasteiger partial charge is 0.237 e. The second-order valence-electron chi connectivity index (χ2n) is 6.61. The maximum absolute atomic E-state index is 12.2. The van der Waals surface area contributed by atoms with Crippen LogP contribution in [0.1, 0.15) is 24.0 Å². The van der Waals surface area contributed by atoms with Crippen LogP contribution in [0, 0.1) is 5.92 Å². The molecule has 1 fully saturated rings. The maximum Gasteiger partial charge on any atom is 0.237 e. The van der Waals surface area contributed by atoms with Crippen molar-refractivity contribution in [2.24, 2.45) is 11.7 Å². The molecule has 1 aliphatic rings. The van der Waals surface area contributed by atoms with E-state index >= 15 is 0 Å². The van der Waals surface area contributed by atoms with Gasteiger partial charge in [-0.25, -0.2) is 0 Å². The highest BCUT2D eigenvalue weighted by Gasteiger charge is 2.26.